The van der Waals surface area contributed by atoms with Gasteiger partial charge in [-0.1, -0.05) is 27.5 Å². The van der Waals surface area contributed by atoms with Crippen LogP contribution in [0.25, 0.3) is 0 Å². The summed E-state index contributed by atoms with van der Waals surface area (Å²) >= 11 is 10.5. The van der Waals surface area contributed by atoms with Gasteiger partial charge in [0.1, 0.15) is 0 Å². The molecule has 0 aliphatic rings. The van der Waals surface area contributed by atoms with Crippen molar-refractivity contribution in [2.75, 3.05) is 4.72 Å². The van der Waals surface area contributed by atoms with Gasteiger partial charge in [0.2, 0.25) is 0 Å². The van der Waals surface area contributed by atoms with Gasteiger partial charge in [-0.05, 0) is 24.3 Å². The molecule has 0 fully saturated rings. The van der Waals surface area contributed by atoms with Crippen LogP contribution in [0.5, 0.6) is 0 Å². The van der Waals surface area contributed by atoms with Crippen molar-refractivity contribution in [1.29, 1.82) is 0 Å². The summed E-state index contributed by atoms with van der Waals surface area (Å²) in [6.45, 7) is 0.317. The molecule has 0 atom stereocenters. The molecule has 0 unspecified atom stereocenters. The van der Waals surface area contributed by atoms with Crippen molar-refractivity contribution in [2.24, 2.45) is 5.73 Å². The highest BCUT2D eigenvalue weighted by atomic mass is 79.9. The van der Waals surface area contributed by atoms with Gasteiger partial charge in [-0.3, -0.25) is 4.72 Å². The van der Waals surface area contributed by atoms with Gasteiger partial charge in [0.15, 0.2) is 0 Å². The number of halogens is 2. The first kappa shape index (κ1) is 14.8. The van der Waals surface area contributed by atoms with Crippen LogP contribution in [0.3, 0.4) is 0 Å². The van der Waals surface area contributed by atoms with E-state index in [1.807, 2.05) is 0 Å². The molecule has 3 N–H and O–H groups in total. The van der Waals surface area contributed by atoms with Crippen molar-refractivity contribution in [3.63, 3.8) is 0 Å². The first-order chi connectivity index (χ1) is 8.92. The van der Waals surface area contributed by atoms with E-state index in [4.69, 9.17) is 17.3 Å². The molecule has 0 amide bonds. The van der Waals surface area contributed by atoms with E-state index >= 15 is 0 Å². The van der Waals surface area contributed by atoms with Crippen LogP contribution in [0, 0.1) is 0 Å². The Balaban J connectivity index is 2.33. The molecular formula is C11H10BrClN2O2S2. The predicted molar refractivity (Wildman–Crippen MR) is 82.2 cm³/mol. The second kappa shape index (κ2) is 5.80. The lowest BCUT2D eigenvalue weighted by molar-refractivity contribution is 0.601. The minimum atomic E-state index is -3.64. The van der Waals surface area contributed by atoms with Crippen molar-refractivity contribution < 1.29 is 8.42 Å². The van der Waals surface area contributed by atoms with Crippen molar-refractivity contribution >= 4 is 54.6 Å². The molecule has 1 heterocycles. The monoisotopic (exact) mass is 380 g/mol. The Bertz CT molecular complexity index is 700. The van der Waals surface area contributed by atoms with Crippen LogP contribution in [0.1, 0.15) is 4.88 Å². The maximum atomic E-state index is 12.2. The van der Waals surface area contributed by atoms with Gasteiger partial charge in [-0.15, -0.1) is 11.3 Å². The van der Waals surface area contributed by atoms with Gasteiger partial charge in [0.25, 0.3) is 10.0 Å². The minimum absolute atomic E-state index is 0.189. The summed E-state index contributed by atoms with van der Waals surface area (Å²) < 4.78 is 27.5. The Morgan fingerprint density at radius 1 is 1.37 bits per heavy atom. The van der Waals surface area contributed by atoms with Gasteiger partial charge >= 0.3 is 0 Å². The zero-order valence-corrected chi connectivity index (χ0v) is 13.5. The molecule has 0 aliphatic carbocycles. The number of anilines is 1. The lowest BCUT2D eigenvalue weighted by atomic mass is 10.3. The van der Waals surface area contributed by atoms with E-state index in [0.717, 1.165) is 9.35 Å². The van der Waals surface area contributed by atoms with Gasteiger partial charge in [0.05, 0.1) is 15.6 Å². The fraction of sp³-hybridized carbons (Fsp3) is 0.0909. The maximum Gasteiger partial charge on any atom is 0.262 e. The van der Waals surface area contributed by atoms with Crippen molar-refractivity contribution in [3.05, 3.63) is 44.0 Å². The van der Waals surface area contributed by atoms with Gasteiger partial charge in [-0.2, -0.15) is 0 Å². The molecular weight excluding hydrogens is 372 g/mol. The molecule has 19 heavy (non-hydrogen) atoms. The largest absolute Gasteiger partial charge is 0.326 e. The maximum absolute atomic E-state index is 12.2. The molecule has 0 aliphatic heterocycles. The van der Waals surface area contributed by atoms with E-state index in [1.54, 1.807) is 29.6 Å². The Labute approximate surface area is 128 Å². The normalized spacial score (nSPS) is 11.5. The van der Waals surface area contributed by atoms with Crippen LogP contribution in [0.15, 0.2) is 39.0 Å². The molecule has 102 valence electrons. The molecule has 0 spiro atoms. The average molecular weight is 382 g/mol. The molecule has 0 bridgehead atoms. The zero-order chi connectivity index (χ0) is 14.0. The lowest BCUT2D eigenvalue weighted by Gasteiger charge is -2.08. The van der Waals surface area contributed by atoms with Gasteiger partial charge in [0, 0.05) is 21.3 Å². The van der Waals surface area contributed by atoms with E-state index in [2.05, 4.69) is 20.7 Å². The Kier molecular flexibility index (Phi) is 4.52. The standard InChI is InChI=1S/C11H10BrClN2O2S2/c12-7-1-2-10(13)11(3-7)15-19(16,17)9-4-8(5-14)18-6-9/h1-4,6,15H,5,14H2. The number of nitrogens with one attached hydrogen (secondary N) is 1. The third-order valence-corrected chi connectivity index (χ3v) is 5.59. The third-order valence-electron chi connectivity index (χ3n) is 2.31. The van der Waals surface area contributed by atoms with Gasteiger partial charge in [-0.25, -0.2) is 8.42 Å². The lowest BCUT2D eigenvalue weighted by Crippen LogP contribution is -2.12. The summed E-state index contributed by atoms with van der Waals surface area (Å²) in [5.41, 5.74) is 5.80. The number of hydrogen-bond donors (Lipinski definition) is 2. The Morgan fingerprint density at radius 2 is 2.11 bits per heavy atom. The molecule has 0 radical (unpaired) electrons. The third kappa shape index (κ3) is 3.49. The van der Waals surface area contributed by atoms with Crippen molar-refractivity contribution in [1.82, 2.24) is 0 Å². The van der Waals surface area contributed by atoms with Crippen LogP contribution in [-0.4, -0.2) is 8.42 Å². The van der Waals surface area contributed by atoms with E-state index in [-0.39, 0.29) is 4.90 Å². The minimum Gasteiger partial charge on any atom is -0.326 e. The average Bonchev–Trinajstić information content (AvgIpc) is 2.83. The molecule has 1 aromatic heterocycles. The fourth-order valence-electron chi connectivity index (χ4n) is 1.39. The number of benzene rings is 1. The number of nitrogens with two attached hydrogens (primary N) is 1. The van der Waals surface area contributed by atoms with Crippen LogP contribution < -0.4 is 10.5 Å². The van der Waals surface area contributed by atoms with Crippen molar-refractivity contribution in [2.45, 2.75) is 11.4 Å². The predicted octanol–water partition coefficient (Wildman–Crippen LogP) is 3.42. The molecule has 2 rings (SSSR count). The van der Waals surface area contributed by atoms with E-state index < -0.39 is 10.0 Å². The first-order valence-corrected chi connectivity index (χ1v) is 8.71. The highest BCUT2D eigenvalue weighted by Crippen LogP contribution is 2.29. The number of hydrogen-bond acceptors (Lipinski definition) is 4. The zero-order valence-electron chi connectivity index (χ0n) is 9.56. The second-order valence-electron chi connectivity index (χ2n) is 3.68. The second-order valence-corrected chi connectivity index (χ2v) is 7.68. The quantitative estimate of drug-likeness (QED) is 0.852. The summed E-state index contributed by atoms with van der Waals surface area (Å²) in [5, 5.41) is 1.89. The Hall–Kier alpha value is -0.600. The Morgan fingerprint density at radius 3 is 2.74 bits per heavy atom. The highest BCUT2D eigenvalue weighted by Gasteiger charge is 2.17. The summed E-state index contributed by atoms with van der Waals surface area (Å²) in [6, 6.07) is 6.51. The molecule has 0 saturated heterocycles. The summed E-state index contributed by atoms with van der Waals surface area (Å²) in [4.78, 5) is 0.995. The summed E-state index contributed by atoms with van der Waals surface area (Å²) in [5.74, 6) is 0. The van der Waals surface area contributed by atoms with Crippen molar-refractivity contribution in [3.8, 4) is 0 Å². The number of sulfonamides is 1. The topological polar surface area (TPSA) is 72.2 Å². The van der Waals surface area contributed by atoms with E-state index in [1.165, 1.54) is 11.3 Å². The van der Waals surface area contributed by atoms with Crippen LogP contribution >= 0.6 is 38.9 Å². The van der Waals surface area contributed by atoms with E-state index in [9.17, 15) is 8.42 Å². The van der Waals surface area contributed by atoms with E-state index in [0.29, 0.717) is 17.3 Å². The highest BCUT2D eigenvalue weighted by molar-refractivity contribution is 9.10. The molecule has 0 saturated carbocycles. The SMILES string of the molecule is NCc1cc(S(=O)(=O)Nc2cc(Br)ccc2Cl)cs1. The van der Waals surface area contributed by atoms with Crippen LogP contribution in [-0.2, 0) is 16.6 Å². The van der Waals surface area contributed by atoms with Crippen LogP contribution in [0.2, 0.25) is 5.02 Å². The molecule has 1 aromatic carbocycles. The number of thiophene rings is 1. The fourth-order valence-corrected chi connectivity index (χ4v) is 4.20. The summed E-state index contributed by atoms with van der Waals surface area (Å²) in [6.07, 6.45) is 0. The molecule has 2 aromatic rings. The van der Waals surface area contributed by atoms with Gasteiger partial charge < -0.3 is 5.73 Å². The molecule has 4 nitrogen and oxygen atoms in total. The number of rotatable bonds is 4. The summed E-state index contributed by atoms with van der Waals surface area (Å²) in [7, 11) is -3.64. The van der Waals surface area contributed by atoms with Crippen LogP contribution in [0.4, 0.5) is 5.69 Å². The molecule has 8 heteroatoms. The first-order valence-electron chi connectivity index (χ1n) is 5.18. The smallest absolute Gasteiger partial charge is 0.262 e.